The number of rotatable bonds is 4. The first-order valence-electron chi connectivity index (χ1n) is 6.01. The third kappa shape index (κ3) is 4.73. The molecule has 0 radical (unpaired) electrons. The van der Waals surface area contributed by atoms with Crippen LogP contribution in [-0.4, -0.2) is 42.1 Å². The van der Waals surface area contributed by atoms with Crippen LogP contribution in [0.15, 0.2) is 0 Å². The average molecular weight is 242 g/mol. The zero-order valence-corrected chi connectivity index (χ0v) is 10.6. The normalized spacial score (nSPS) is 26.6. The summed E-state index contributed by atoms with van der Waals surface area (Å²) >= 11 is 0. The summed E-state index contributed by atoms with van der Waals surface area (Å²) in [5.41, 5.74) is 0. The zero-order valence-electron chi connectivity index (χ0n) is 10.6. The Morgan fingerprint density at radius 2 is 1.82 bits per heavy atom. The smallest absolute Gasteiger partial charge is 0.223 e. The first kappa shape index (κ1) is 14.0. The maximum absolute atomic E-state index is 11.9. The van der Waals surface area contributed by atoms with E-state index in [0.717, 1.165) is 0 Å². The minimum absolute atomic E-state index is 0.000694. The summed E-state index contributed by atoms with van der Waals surface area (Å²) in [4.78, 5) is 24.1. The lowest BCUT2D eigenvalue weighted by Gasteiger charge is -2.35. The van der Waals surface area contributed by atoms with Crippen molar-refractivity contribution in [3.8, 4) is 0 Å². The number of carbonyl (C=O) groups is 2. The van der Waals surface area contributed by atoms with Gasteiger partial charge in [0.2, 0.25) is 5.91 Å². The Kier molecular flexibility index (Phi) is 4.93. The fraction of sp³-hybridized carbons (Fsp3) is 0.833. The van der Waals surface area contributed by atoms with E-state index in [4.69, 9.17) is 4.74 Å². The molecule has 1 amide bonds. The summed E-state index contributed by atoms with van der Waals surface area (Å²) in [6, 6.07) is 0. The van der Waals surface area contributed by atoms with Crippen molar-refractivity contribution < 1.29 is 19.4 Å². The van der Waals surface area contributed by atoms with Crippen molar-refractivity contribution in [1.82, 2.24) is 4.90 Å². The van der Waals surface area contributed by atoms with Crippen molar-refractivity contribution in [2.24, 2.45) is 5.92 Å². The summed E-state index contributed by atoms with van der Waals surface area (Å²) in [6.45, 7) is 6.78. The second-order valence-electron chi connectivity index (χ2n) is 4.94. The van der Waals surface area contributed by atoms with Crippen molar-refractivity contribution in [2.75, 3.05) is 13.1 Å². The van der Waals surface area contributed by atoms with E-state index in [9.17, 15) is 14.7 Å². The Morgan fingerprint density at radius 1 is 1.29 bits per heavy atom. The second kappa shape index (κ2) is 6.00. The number of hydrogen-bond donors (Lipinski definition) is 0. The highest BCUT2D eigenvalue weighted by Crippen LogP contribution is 2.15. The average Bonchev–Trinajstić information content (AvgIpc) is 2.14. The van der Waals surface area contributed by atoms with Crippen LogP contribution in [0.3, 0.4) is 0 Å². The topological polar surface area (TPSA) is 69.7 Å². The molecule has 0 bridgehead atoms. The molecule has 1 saturated heterocycles. The molecular formula is C12H20NO4-. The number of carbonyl (C=O) groups excluding carboxylic acids is 2. The Morgan fingerprint density at radius 3 is 2.29 bits per heavy atom. The van der Waals surface area contributed by atoms with Crippen molar-refractivity contribution in [1.29, 1.82) is 0 Å². The van der Waals surface area contributed by atoms with Gasteiger partial charge in [0, 0.05) is 25.5 Å². The number of hydrogen-bond acceptors (Lipinski definition) is 4. The van der Waals surface area contributed by atoms with Crippen LogP contribution in [0.4, 0.5) is 0 Å². The van der Waals surface area contributed by atoms with Gasteiger partial charge in [-0.25, -0.2) is 0 Å². The van der Waals surface area contributed by atoms with Crippen molar-refractivity contribution >= 4 is 11.9 Å². The lowest BCUT2D eigenvalue weighted by Crippen LogP contribution is -2.48. The first-order valence-corrected chi connectivity index (χ1v) is 6.01. The largest absolute Gasteiger partial charge is 0.550 e. The monoisotopic (exact) mass is 242 g/mol. The quantitative estimate of drug-likeness (QED) is 0.684. The van der Waals surface area contributed by atoms with E-state index < -0.39 is 5.97 Å². The Bertz CT molecular complexity index is 282. The molecule has 17 heavy (non-hydrogen) atoms. The molecule has 0 aliphatic carbocycles. The fourth-order valence-electron chi connectivity index (χ4n) is 2.17. The van der Waals surface area contributed by atoms with Crippen molar-refractivity contribution in [2.45, 2.75) is 45.8 Å². The predicted octanol–water partition coefficient (Wildman–Crippen LogP) is -0.212. The molecule has 5 nitrogen and oxygen atoms in total. The Balaban J connectivity index is 2.43. The zero-order chi connectivity index (χ0) is 13.0. The Labute approximate surface area is 102 Å². The highest BCUT2D eigenvalue weighted by atomic mass is 16.5. The van der Waals surface area contributed by atoms with E-state index in [1.165, 1.54) is 0 Å². The number of amides is 1. The van der Waals surface area contributed by atoms with Gasteiger partial charge >= 0.3 is 0 Å². The van der Waals surface area contributed by atoms with Crippen LogP contribution in [0.1, 0.15) is 33.6 Å². The number of carboxylic acids is 1. The van der Waals surface area contributed by atoms with E-state index in [1.54, 1.807) is 11.8 Å². The summed E-state index contributed by atoms with van der Waals surface area (Å²) in [6.07, 6.45) is 0.271. The molecule has 0 saturated carbocycles. The van der Waals surface area contributed by atoms with Crippen molar-refractivity contribution in [3.63, 3.8) is 0 Å². The summed E-state index contributed by atoms with van der Waals surface area (Å²) in [7, 11) is 0. The van der Waals surface area contributed by atoms with E-state index in [-0.39, 0.29) is 36.9 Å². The number of morpholine rings is 1. The van der Waals surface area contributed by atoms with Gasteiger partial charge in [-0.05, 0) is 26.2 Å². The first-order chi connectivity index (χ1) is 7.88. The third-order valence-electron chi connectivity index (χ3n) is 2.81. The van der Waals surface area contributed by atoms with Gasteiger partial charge in [-0.2, -0.15) is 0 Å². The summed E-state index contributed by atoms with van der Waals surface area (Å²) in [5.74, 6) is -1.28. The lowest BCUT2D eigenvalue weighted by molar-refractivity contribution is -0.306. The molecule has 5 heteroatoms. The van der Waals surface area contributed by atoms with Gasteiger partial charge in [-0.15, -0.1) is 0 Å². The van der Waals surface area contributed by atoms with Gasteiger partial charge in [-0.1, -0.05) is 6.92 Å². The maximum Gasteiger partial charge on any atom is 0.223 e. The molecule has 98 valence electrons. The highest BCUT2D eigenvalue weighted by Gasteiger charge is 2.26. The van der Waals surface area contributed by atoms with E-state index in [1.807, 2.05) is 13.8 Å². The number of ether oxygens (including phenoxy) is 1. The van der Waals surface area contributed by atoms with Crippen LogP contribution in [0.2, 0.25) is 0 Å². The van der Waals surface area contributed by atoms with Gasteiger partial charge in [0.25, 0.3) is 0 Å². The molecule has 0 spiro atoms. The SMILES string of the molecule is C[C@@H](CC(=O)[O-])CC(=O)N1C[C@@H](C)O[C@@H](C)C1. The van der Waals surface area contributed by atoms with Crippen LogP contribution in [0.5, 0.6) is 0 Å². The van der Waals surface area contributed by atoms with Gasteiger partial charge in [0.15, 0.2) is 0 Å². The molecule has 1 fully saturated rings. The molecular weight excluding hydrogens is 222 g/mol. The number of carboxylic acid groups (broad SMARTS) is 1. The summed E-state index contributed by atoms with van der Waals surface area (Å²) < 4.78 is 5.54. The predicted molar refractivity (Wildman–Crippen MR) is 60.0 cm³/mol. The molecule has 0 aromatic rings. The fourth-order valence-corrected chi connectivity index (χ4v) is 2.17. The minimum atomic E-state index is -1.10. The van der Waals surface area contributed by atoms with E-state index in [0.29, 0.717) is 13.1 Å². The van der Waals surface area contributed by atoms with Crippen LogP contribution in [-0.2, 0) is 14.3 Å². The molecule has 1 rings (SSSR count). The summed E-state index contributed by atoms with van der Waals surface area (Å²) in [5, 5.41) is 10.4. The molecule has 0 N–H and O–H groups in total. The number of aliphatic carboxylic acids is 1. The molecule has 0 aromatic carbocycles. The second-order valence-corrected chi connectivity index (χ2v) is 4.94. The molecule has 1 heterocycles. The minimum Gasteiger partial charge on any atom is -0.550 e. The van der Waals surface area contributed by atoms with Gasteiger partial charge in [0.05, 0.1) is 12.2 Å². The molecule has 3 atom stereocenters. The van der Waals surface area contributed by atoms with Gasteiger partial charge < -0.3 is 19.5 Å². The van der Waals surface area contributed by atoms with Gasteiger partial charge in [0.1, 0.15) is 0 Å². The van der Waals surface area contributed by atoms with Crippen LogP contribution >= 0.6 is 0 Å². The number of nitrogens with zero attached hydrogens (tertiary/aromatic N) is 1. The molecule has 1 aliphatic heterocycles. The standard InChI is InChI=1S/C12H21NO4/c1-8(5-12(15)16)4-11(14)13-6-9(2)17-10(3)7-13/h8-10H,4-7H2,1-3H3,(H,15,16)/p-1/t8-,9-,10+/m1/s1. The van der Waals surface area contributed by atoms with Gasteiger partial charge in [-0.3, -0.25) is 4.79 Å². The lowest BCUT2D eigenvalue weighted by atomic mass is 10.0. The maximum atomic E-state index is 11.9. The van der Waals surface area contributed by atoms with Crippen LogP contribution in [0.25, 0.3) is 0 Å². The van der Waals surface area contributed by atoms with Crippen LogP contribution < -0.4 is 5.11 Å². The molecule has 0 unspecified atom stereocenters. The van der Waals surface area contributed by atoms with Crippen LogP contribution in [0, 0.1) is 5.92 Å². The van der Waals surface area contributed by atoms with Crippen molar-refractivity contribution in [3.05, 3.63) is 0 Å². The third-order valence-corrected chi connectivity index (χ3v) is 2.81. The highest BCUT2D eigenvalue weighted by molar-refractivity contribution is 5.77. The van der Waals surface area contributed by atoms with E-state index >= 15 is 0 Å². The Hall–Kier alpha value is -1.10. The molecule has 1 aliphatic rings. The van der Waals surface area contributed by atoms with E-state index in [2.05, 4.69) is 0 Å². The molecule has 0 aromatic heterocycles.